The van der Waals surface area contributed by atoms with Crippen LogP contribution in [0.15, 0.2) is 59.1 Å². The van der Waals surface area contributed by atoms with Crippen molar-refractivity contribution in [1.29, 1.82) is 5.41 Å². The van der Waals surface area contributed by atoms with Crippen LogP contribution in [0.2, 0.25) is 5.02 Å². The molecular weight excluding hydrogens is 370 g/mol. The molecule has 0 bridgehead atoms. The maximum Gasteiger partial charge on any atom is 0.294 e. The number of amidine groups is 1. The van der Waals surface area contributed by atoms with E-state index in [-0.39, 0.29) is 19.0 Å². The van der Waals surface area contributed by atoms with Gasteiger partial charge in [-0.2, -0.15) is 0 Å². The number of ether oxygens (including phenoxy) is 1. The van der Waals surface area contributed by atoms with Crippen LogP contribution in [-0.2, 0) is 16.1 Å². The second kappa shape index (κ2) is 10.5. The lowest BCUT2D eigenvalue weighted by atomic mass is 10.2. The zero-order valence-electron chi connectivity index (χ0n) is 14.2. The fourth-order valence-electron chi connectivity index (χ4n) is 1.97. The van der Waals surface area contributed by atoms with Crippen molar-refractivity contribution in [2.75, 3.05) is 6.73 Å². The minimum Gasteiger partial charge on any atom is -0.445 e. The van der Waals surface area contributed by atoms with Crippen molar-refractivity contribution in [1.82, 2.24) is 15.7 Å². The van der Waals surface area contributed by atoms with Crippen LogP contribution in [0.4, 0.5) is 0 Å². The number of halogens is 1. The third kappa shape index (κ3) is 6.40. The van der Waals surface area contributed by atoms with Crippen LogP contribution in [0.5, 0.6) is 0 Å². The molecule has 2 aromatic rings. The second-order valence-corrected chi connectivity index (χ2v) is 5.52. The van der Waals surface area contributed by atoms with Crippen molar-refractivity contribution in [3.63, 3.8) is 0 Å². The SMILES string of the molecule is N=C(/N=N\NCOC=O)c1ccnc(/C(N)=C/NCc2ccccc2Cl)c1. The maximum atomic E-state index is 9.98. The van der Waals surface area contributed by atoms with Crippen LogP contribution >= 0.6 is 11.6 Å². The Balaban J connectivity index is 1.97. The van der Waals surface area contributed by atoms with Crippen molar-refractivity contribution >= 4 is 29.6 Å². The van der Waals surface area contributed by atoms with Gasteiger partial charge in [-0.15, -0.1) is 5.11 Å². The van der Waals surface area contributed by atoms with Gasteiger partial charge in [-0.1, -0.05) is 35.0 Å². The van der Waals surface area contributed by atoms with Gasteiger partial charge >= 0.3 is 0 Å². The maximum absolute atomic E-state index is 9.98. The molecule has 1 aromatic heterocycles. The molecule has 140 valence electrons. The van der Waals surface area contributed by atoms with Gasteiger partial charge in [0.2, 0.25) is 0 Å². The van der Waals surface area contributed by atoms with Crippen molar-refractivity contribution in [2.45, 2.75) is 6.54 Å². The number of benzene rings is 1. The van der Waals surface area contributed by atoms with Gasteiger partial charge in [-0.3, -0.25) is 20.6 Å². The largest absolute Gasteiger partial charge is 0.445 e. The van der Waals surface area contributed by atoms with Crippen molar-refractivity contribution in [2.24, 2.45) is 16.1 Å². The Hall–Kier alpha value is -3.46. The first-order valence-electron chi connectivity index (χ1n) is 7.78. The Morgan fingerprint density at radius 2 is 2.19 bits per heavy atom. The average molecular weight is 388 g/mol. The van der Waals surface area contributed by atoms with Crippen LogP contribution in [0.25, 0.3) is 5.70 Å². The zero-order valence-corrected chi connectivity index (χ0v) is 15.0. The molecule has 0 fully saturated rings. The lowest BCUT2D eigenvalue weighted by Crippen LogP contribution is -2.11. The fourth-order valence-corrected chi connectivity index (χ4v) is 2.17. The molecular formula is C17H18ClN7O2. The molecule has 1 heterocycles. The van der Waals surface area contributed by atoms with E-state index >= 15 is 0 Å². The molecule has 5 N–H and O–H groups in total. The van der Waals surface area contributed by atoms with Gasteiger partial charge in [0, 0.05) is 29.5 Å². The van der Waals surface area contributed by atoms with Crippen molar-refractivity contribution < 1.29 is 9.53 Å². The molecule has 0 aliphatic rings. The quantitative estimate of drug-likeness (QED) is 0.0989. The zero-order chi connectivity index (χ0) is 19.5. The number of aromatic nitrogens is 1. The first kappa shape index (κ1) is 19.9. The number of nitrogens with two attached hydrogens (primary N) is 1. The average Bonchev–Trinajstić information content (AvgIpc) is 2.69. The van der Waals surface area contributed by atoms with Crippen LogP contribution in [0.3, 0.4) is 0 Å². The minimum absolute atomic E-state index is 0.103. The Labute approximate surface area is 160 Å². The molecule has 2 rings (SSSR count). The minimum atomic E-state index is -0.130. The molecule has 0 saturated heterocycles. The van der Waals surface area contributed by atoms with Crippen LogP contribution in [0, 0.1) is 5.41 Å². The van der Waals surface area contributed by atoms with E-state index in [0.717, 1.165) is 5.56 Å². The summed E-state index contributed by atoms with van der Waals surface area (Å²) < 4.78 is 4.38. The summed E-state index contributed by atoms with van der Waals surface area (Å²) in [5, 5.41) is 18.8. The number of hydrogen-bond acceptors (Lipinski definition) is 7. The molecule has 27 heavy (non-hydrogen) atoms. The van der Waals surface area contributed by atoms with E-state index in [0.29, 0.717) is 28.5 Å². The second-order valence-electron chi connectivity index (χ2n) is 5.12. The molecule has 0 unspecified atom stereocenters. The molecule has 9 nitrogen and oxygen atoms in total. The molecule has 10 heteroatoms. The number of pyridine rings is 1. The molecule has 0 spiro atoms. The fraction of sp³-hybridized carbons (Fsp3) is 0.118. The highest BCUT2D eigenvalue weighted by molar-refractivity contribution is 6.31. The molecule has 0 radical (unpaired) electrons. The summed E-state index contributed by atoms with van der Waals surface area (Å²) >= 11 is 6.10. The number of rotatable bonds is 9. The normalized spacial score (nSPS) is 11.2. The van der Waals surface area contributed by atoms with Gasteiger partial charge in [0.25, 0.3) is 6.47 Å². The summed E-state index contributed by atoms with van der Waals surface area (Å²) in [5.41, 5.74) is 10.7. The molecule has 0 aliphatic carbocycles. The summed E-state index contributed by atoms with van der Waals surface area (Å²) in [5.74, 6) is -0.103. The molecule has 0 amide bonds. The monoisotopic (exact) mass is 387 g/mol. The topological polar surface area (TPSA) is 138 Å². The number of carbonyl (C=O) groups excluding carboxylic acids is 1. The Morgan fingerprint density at radius 3 is 2.96 bits per heavy atom. The number of nitrogens with zero attached hydrogens (tertiary/aromatic N) is 3. The van der Waals surface area contributed by atoms with Gasteiger partial charge in [0.1, 0.15) is 0 Å². The standard InChI is InChI=1S/C17H18ClN7O2/c18-14-4-2-1-3-13(14)8-21-9-15(19)16-7-12(5-6-22-16)17(20)24-25-23-10-27-11-26/h1-7,9,11,21H,8,10,19H2,(H2,20,23,24)/b15-9-. The highest BCUT2D eigenvalue weighted by Crippen LogP contribution is 2.14. The first-order chi connectivity index (χ1) is 13.1. The smallest absolute Gasteiger partial charge is 0.294 e. The van der Waals surface area contributed by atoms with Crippen molar-refractivity contribution in [3.05, 3.63) is 70.6 Å². The summed E-state index contributed by atoms with van der Waals surface area (Å²) in [6, 6.07) is 10.7. The van der Waals surface area contributed by atoms with E-state index in [1.165, 1.54) is 6.20 Å². The third-order valence-electron chi connectivity index (χ3n) is 3.27. The summed E-state index contributed by atoms with van der Waals surface area (Å²) in [6.45, 7) is 0.658. The highest BCUT2D eigenvalue weighted by atomic mass is 35.5. The van der Waals surface area contributed by atoms with Gasteiger partial charge in [0.05, 0.1) is 11.4 Å². The van der Waals surface area contributed by atoms with E-state index in [4.69, 9.17) is 22.7 Å². The Kier molecular flexibility index (Phi) is 7.73. The van der Waals surface area contributed by atoms with E-state index < -0.39 is 0 Å². The summed E-state index contributed by atoms with van der Waals surface area (Å²) in [7, 11) is 0. The lowest BCUT2D eigenvalue weighted by Gasteiger charge is -2.06. The third-order valence-corrected chi connectivity index (χ3v) is 3.64. The number of nitrogens with one attached hydrogen (secondary N) is 3. The first-order valence-corrected chi connectivity index (χ1v) is 8.16. The van der Waals surface area contributed by atoms with Gasteiger partial charge < -0.3 is 15.8 Å². The molecule has 0 aliphatic heterocycles. The van der Waals surface area contributed by atoms with Gasteiger partial charge in [-0.05, 0) is 23.8 Å². The Morgan fingerprint density at radius 1 is 1.37 bits per heavy atom. The molecule has 0 saturated carbocycles. The summed E-state index contributed by atoms with van der Waals surface area (Å²) in [6.07, 6.45) is 3.14. The Bertz CT molecular complexity index is 855. The number of carbonyl (C=O) groups is 1. The van der Waals surface area contributed by atoms with Crippen LogP contribution in [-0.4, -0.2) is 24.0 Å². The van der Waals surface area contributed by atoms with Crippen molar-refractivity contribution in [3.8, 4) is 0 Å². The predicted octanol–water partition coefficient (Wildman–Crippen LogP) is 2.19. The van der Waals surface area contributed by atoms with E-state index in [2.05, 4.69) is 30.8 Å². The highest BCUT2D eigenvalue weighted by Gasteiger charge is 2.05. The number of hydrogen-bond donors (Lipinski definition) is 4. The van der Waals surface area contributed by atoms with Crippen LogP contribution in [0.1, 0.15) is 16.8 Å². The van der Waals surface area contributed by atoms with E-state index in [1.54, 1.807) is 18.3 Å². The van der Waals surface area contributed by atoms with E-state index in [1.807, 2.05) is 24.3 Å². The lowest BCUT2D eigenvalue weighted by molar-refractivity contribution is -0.129. The predicted molar refractivity (Wildman–Crippen MR) is 102 cm³/mol. The summed E-state index contributed by atoms with van der Waals surface area (Å²) in [4.78, 5) is 14.2. The molecule has 0 atom stereocenters. The molecule has 1 aromatic carbocycles. The van der Waals surface area contributed by atoms with Gasteiger partial charge in [-0.25, -0.2) is 0 Å². The van der Waals surface area contributed by atoms with Crippen LogP contribution < -0.4 is 16.5 Å². The van der Waals surface area contributed by atoms with Gasteiger partial charge in [0.15, 0.2) is 12.6 Å². The van der Waals surface area contributed by atoms with E-state index in [9.17, 15) is 4.79 Å².